The molecule has 0 aromatic heterocycles. The molecular formula is C7H6F2O. The van der Waals surface area contributed by atoms with Crippen molar-refractivity contribution >= 4 is 6.29 Å². The summed E-state index contributed by atoms with van der Waals surface area (Å²) in [5, 5.41) is 0. The molecule has 10 heavy (non-hydrogen) atoms. The molecule has 2 unspecified atom stereocenters. The zero-order chi connectivity index (χ0) is 7.61. The molecular weight excluding hydrogens is 138 g/mol. The summed E-state index contributed by atoms with van der Waals surface area (Å²) in [5.74, 6) is 0. The van der Waals surface area contributed by atoms with Gasteiger partial charge in [0, 0.05) is 0 Å². The van der Waals surface area contributed by atoms with Gasteiger partial charge in [-0.2, -0.15) is 0 Å². The van der Waals surface area contributed by atoms with Crippen LogP contribution in [0.1, 0.15) is 0 Å². The first kappa shape index (κ1) is 7.12. The molecule has 1 nitrogen and oxygen atoms in total. The van der Waals surface area contributed by atoms with E-state index in [4.69, 9.17) is 0 Å². The van der Waals surface area contributed by atoms with Gasteiger partial charge in [0.25, 0.3) is 0 Å². The average molecular weight is 144 g/mol. The van der Waals surface area contributed by atoms with Crippen LogP contribution < -0.4 is 0 Å². The molecule has 54 valence electrons. The van der Waals surface area contributed by atoms with Crippen LogP contribution in [0.15, 0.2) is 24.3 Å². The van der Waals surface area contributed by atoms with E-state index < -0.39 is 11.8 Å². The fourth-order valence-electron chi connectivity index (χ4n) is 0.708. The summed E-state index contributed by atoms with van der Waals surface area (Å²) < 4.78 is 25.3. The highest BCUT2D eigenvalue weighted by atomic mass is 19.2. The number of rotatable bonds is 1. The third-order valence-electron chi connectivity index (χ3n) is 1.35. The van der Waals surface area contributed by atoms with Gasteiger partial charge in [0.1, 0.15) is 0 Å². The molecule has 0 aromatic carbocycles. The molecule has 0 bridgehead atoms. The van der Waals surface area contributed by atoms with Gasteiger partial charge in [-0.05, 0) is 12.2 Å². The molecule has 2 atom stereocenters. The predicted octanol–water partition coefficient (Wildman–Crippen LogP) is 1.36. The van der Waals surface area contributed by atoms with Crippen molar-refractivity contribution in [1.82, 2.24) is 0 Å². The van der Waals surface area contributed by atoms with E-state index in [1.165, 1.54) is 12.2 Å². The Balaban J connectivity index is 2.87. The van der Waals surface area contributed by atoms with Crippen LogP contribution in [-0.2, 0) is 4.79 Å². The molecule has 0 saturated carbocycles. The lowest BCUT2D eigenvalue weighted by molar-refractivity contribution is -0.117. The first-order valence-corrected chi connectivity index (χ1v) is 2.84. The summed E-state index contributed by atoms with van der Waals surface area (Å²) in [6.45, 7) is 0. The second-order valence-corrected chi connectivity index (χ2v) is 2.09. The Kier molecular flexibility index (Phi) is 1.66. The number of alkyl halides is 2. The topological polar surface area (TPSA) is 17.1 Å². The van der Waals surface area contributed by atoms with E-state index in [2.05, 4.69) is 0 Å². The van der Waals surface area contributed by atoms with Crippen molar-refractivity contribution in [2.24, 2.45) is 0 Å². The Bertz CT molecular complexity index is 198. The van der Waals surface area contributed by atoms with Crippen LogP contribution >= 0.6 is 0 Å². The maximum absolute atomic E-state index is 12.8. The van der Waals surface area contributed by atoms with Gasteiger partial charge in [0.05, 0.1) is 0 Å². The largest absolute Gasteiger partial charge is 0.299 e. The summed E-state index contributed by atoms with van der Waals surface area (Å²) >= 11 is 0. The second-order valence-electron chi connectivity index (χ2n) is 2.09. The first-order chi connectivity index (χ1) is 4.69. The number of aldehydes is 1. The zero-order valence-electron chi connectivity index (χ0n) is 5.13. The normalized spacial score (nSPS) is 38.0. The van der Waals surface area contributed by atoms with E-state index in [0.29, 0.717) is 0 Å². The van der Waals surface area contributed by atoms with Crippen LogP contribution in [-0.4, -0.2) is 18.1 Å². The number of hydrogen-bond donors (Lipinski definition) is 0. The van der Waals surface area contributed by atoms with E-state index in [-0.39, 0.29) is 6.29 Å². The summed E-state index contributed by atoms with van der Waals surface area (Å²) in [6, 6.07) is 0. The van der Waals surface area contributed by atoms with E-state index in [9.17, 15) is 13.6 Å². The van der Waals surface area contributed by atoms with Gasteiger partial charge < -0.3 is 0 Å². The summed E-state index contributed by atoms with van der Waals surface area (Å²) in [6.07, 6.45) is 2.72. The first-order valence-electron chi connectivity index (χ1n) is 2.84. The number of allylic oxidation sites excluding steroid dienone is 4. The molecule has 3 heteroatoms. The zero-order valence-corrected chi connectivity index (χ0v) is 5.13. The van der Waals surface area contributed by atoms with E-state index in [0.717, 1.165) is 12.2 Å². The Labute approximate surface area is 57.0 Å². The fourth-order valence-corrected chi connectivity index (χ4v) is 0.708. The lowest BCUT2D eigenvalue weighted by Crippen LogP contribution is -2.34. The van der Waals surface area contributed by atoms with Crippen LogP contribution in [0.3, 0.4) is 0 Å². The quantitative estimate of drug-likeness (QED) is 0.508. The highest BCUT2D eigenvalue weighted by Crippen LogP contribution is 2.22. The van der Waals surface area contributed by atoms with Gasteiger partial charge in [-0.15, -0.1) is 0 Å². The third kappa shape index (κ3) is 0.988. The minimum absolute atomic E-state index is 0.0301. The summed E-state index contributed by atoms with van der Waals surface area (Å²) in [5.41, 5.74) is -2.44. The van der Waals surface area contributed by atoms with Gasteiger partial charge in [-0.25, -0.2) is 8.78 Å². The molecule has 0 heterocycles. The predicted molar refractivity (Wildman–Crippen MR) is 33.1 cm³/mol. The van der Waals surface area contributed by atoms with Crippen molar-refractivity contribution in [3.05, 3.63) is 24.3 Å². The average Bonchev–Trinajstić information content (AvgIpc) is 1.96. The van der Waals surface area contributed by atoms with Gasteiger partial charge in [0.2, 0.25) is 5.67 Å². The minimum Gasteiger partial charge on any atom is -0.299 e. The Morgan fingerprint density at radius 2 is 2.20 bits per heavy atom. The van der Waals surface area contributed by atoms with Crippen LogP contribution in [0.2, 0.25) is 0 Å². The molecule has 0 radical (unpaired) electrons. The monoisotopic (exact) mass is 144 g/mol. The van der Waals surface area contributed by atoms with Crippen LogP contribution in [0.5, 0.6) is 0 Å². The van der Waals surface area contributed by atoms with Gasteiger partial charge in [-0.3, -0.25) is 4.79 Å². The molecule has 1 rings (SSSR count). The maximum atomic E-state index is 12.8. The van der Waals surface area contributed by atoms with E-state index in [1.807, 2.05) is 0 Å². The van der Waals surface area contributed by atoms with Crippen molar-refractivity contribution in [3.63, 3.8) is 0 Å². The fraction of sp³-hybridized carbons (Fsp3) is 0.286. The smallest absolute Gasteiger partial charge is 0.218 e. The van der Waals surface area contributed by atoms with Crippen LogP contribution in [0.25, 0.3) is 0 Å². The van der Waals surface area contributed by atoms with Crippen molar-refractivity contribution in [3.8, 4) is 0 Å². The van der Waals surface area contributed by atoms with Crippen LogP contribution in [0, 0.1) is 0 Å². The Hall–Kier alpha value is -0.990. The summed E-state index contributed by atoms with van der Waals surface area (Å²) in [4.78, 5) is 9.99. The molecule has 1 aliphatic carbocycles. The van der Waals surface area contributed by atoms with Crippen molar-refractivity contribution in [1.29, 1.82) is 0 Å². The van der Waals surface area contributed by atoms with Crippen molar-refractivity contribution < 1.29 is 13.6 Å². The highest BCUT2D eigenvalue weighted by molar-refractivity contribution is 5.68. The molecule has 0 fully saturated rings. The highest BCUT2D eigenvalue weighted by Gasteiger charge is 2.36. The van der Waals surface area contributed by atoms with Gasteiger partial charge >= 0.3 is 0 Å². The number of carbonyl (C=O) groups excluding carboxylic acids is 1. The maximum Gasteiger partial charge on any atom is 0.218 e. The van der Waals surface area contributed by atoms with Crippen molar-refractivity contribution in [2.75, 3.05) is 0 Å². The van der Waals surface area contributed by atoms with Gasteiger partial charge in [0.15, 0.2) is 12.5 Å². The SMILES string of the molecule is O=CC1(F)C=CC=CC1F. The van der Waals surface area contributed by atoms with E-state index in [1.54, 1.807) is 0 Å². The molecule has 0 spiro atoms. The lowest BCUT2D eigenvalue weighted by atomic mass is 9.97. The third-order valence-corrected chi connectivity index (χ3v) is 1.35. The second kappa shape index (κ2) is 2.33. The molecule has 0 saturated heterocycles. The molecule has 0 amide bonds. The molecule has 0 aromatic rings. The molecule has 1 aliphatic rings. The Morgan fingerprint density at radius 1 is 1.50 bits per heavy atom. The summed E-state index contributed by atoms with van der Waals surface area (Å²) in [7, 11) is 0. The Morgan fingerprint density at radius 3 is 2.60 bits per heavy atom. The minimum atomic E-state index is -2.44. The number of halogens is 2. The number of hydrogen-bond acceptors (Lipinski definition) is 1. The van der Waals surface area contributed by atoms with Gasteiger partial charge in [-0.1, -0.05) is 12.2 Å². The number of carbonyl (C=O) groups is 1. The standard InChI is InChI=1S/C7H6F2O/c8-6-3-1-2-4-7(6,9)5-10/h1-6H. The van der Waals surface area contributed by atoms with Crippen molar-refractivity contribution in [2.45, 2.75) is 11.8 Å². The molecule has 0 aliphatic heterocycles. The van der Waals surface area contributed by atoms with Crippen LogP contribution in [0.4, 0.5) is 8.78 Å². The van der Waals surface area contributed by atoms with E-state index >= 15 is 0 Å². The molecule has 0 N–H and O–H groups in total. The lowest BCUT2D eigenvalue weighted by Gasteiger charge is -2.18.